The van der Waals surface area contributed by atoms with Gasteiger partial charge in [0.2, 0.25) is 0 Å². The third kappa shape index (κ3) is 3.24. The minimum absolute atomic E-state index is 0.201. The summed E-state index contributed by atoms with van der Waals surface area (Å²) < 4.78 is 0. The quantitative estimate of drug-likeness (QED) is 0.593. The van der Waals surface area contributed by atoms with Crippen molar-refractivity contribution >= 4 is 29.3 Å². The van der Waals surface area contributed by atoms with E-state index in [1.54, 1.807) is 6.08 Å². The predicted molar refractivity (Wildman–Crippen MR) is 88.1 cm³/mol. The van der Waals surface area contributed by atoms with Crippen LogP contribution in [0.25, 0.3) is 6.08 Å². The number of hydrogen-bond acceptors (Lipinski definition) is 3. The Labute approximate surface area is 130 Å². The Morgan fingerprint density at radius 1 is 1.10 bits per heavy atom. The molecule has 1 fully saturated rings. The summed E-state index contributed by atoms with van der Waals surface area (Å²) in [6, 6.07) is 3.82. The van der Waals surface area contributed by atoms with Crippen molar-refractivity contribution in [1.82, 2.24) is 10.6 Å². The number of benzene rings is 1. The summed E-state index contributed by atoms with van der Waals surface area (Å²) in [5, 5.41) is 16.1. The van der Waals surface area contributed by atoms with Gasteiger partial charge in [0, 0.05) is 0 Å². The maximum Gasteiger partial charge on any atom is 0.273 e. The Balaban J connectivity index is 2.52. The average molecular weight is 304 g/mol. The second-order valence-electron chi connectivity index (χ2n) is 5.82. The van der Waals surface area contributed by atoms with Crippen LogP contribution in [0.1, 0.15) is 56.2 Å². The van der Waals surface area contributed by atoms with Gasteiger partial charge in [0.1, 0.15) is 11.4 Å². The smallest absolute Gasteiger partial charge is 0.273 e. The first-order valence-corrected chi connectivity index (χ1v) is 7.41. The predicted octanol–water partition coefficient (Wildman–Crippen LogP) is 2.98. The number of carbonyl (C=O) groups is 1. The molecule has 0 unspecified atom stereocenters. The van der Waals surface area contributed by atoms with Crippen molar-refractivity contribution in [1.29, 1.82) is 0 Å². The lowest BCUT2D eigenvalue weighted by molar-refractivity contribution is -0.115. The van der Waals surface area contributed by atoms with Crippen LogP contribution in [0, 0.1) is 0 Å². The third-order valence-corrected chi connectivity index (χ3v) is 3.67. The molecule has 0 bridgehead atoms. The molecule has 21 heavy (non-hydrogen) atoms. The van der Waals surface area contributed by atoms with E-state index in [1.165, 1.54) is 0 Å². The van der Waals surface area contributed by atoms with Crippen LogP contribution in [-0.4, -0.2) is 16.1 Å². The highest BCUT2D eigenvalue weighted by Gasteiger charge is 2.21. The highest BCUT2D eigenvalue weighted by Crippen LogP contribution is 2.35. The van der Waals surface area contributed by atoms with Crippen LogP contribution in [-0.2, 0) is 4.79 Å². The second kappa shape index (κ2) is 5.85. The number of rotatable bonds is 3. The number of carbonyl (C=O) groups excluding carboxylic acids is 1. The van der Waals surface area contributed by atoms with Crippen molar-refractivity contribution in [3.63, 3.8) is 0 Å². The largest absolute Gasteiger partial charge is 0.507 e. The molecule has 1 aromatic carbocycles. The molecule has 0 aromatic heterocycles. The Kier molecular flexibility index (Phi) is 4.32. The van der Waals surface area contributed by atoms with E-state index < -0.39 is 0 Å². The standard InChI is InChI=1S/C16H20N2O2S/c1-8(2)11-5-10(6-12(9(3)4)14(11)19)7-13-15(20)18-16(21)17-13/h5-9,19H,1-4H3,(H2,17,18,20,21)/b13-7+. The van der Waals surface area contributed by atoms with Gasteiger partial charge < -0.3 is 10.4 Å². The van der Waals surface area contributed by atoms with Crippen molar-refractivity contribution in [2.24, 2.45) is 0 Å². The fourth-order valence-electron chi connectivity index (χ4n) is 2.32. The van der Waals surface area contributed by atoms with Crippen molar-refractivity contribution in [3.8, 4) is 5.75 Å². The van der Waals surface area contributed by atoms with Gasteiger partial charge in [0.25, 0.3) is 5.91 Å². The molecule has 3 N–H and O–H groups in total. The van der Waals surface area contributed by atoms with E-state index in [-0.39, 0.29) is 17.7 Å². The summed E-state index contributed by atoms with van der Waals surface area (Å²) in [6.45, 7) is 8.13. The molecule has 0 atom stereocenters. The zero-order chi connectivity index (χ0) is 15.7. The van der Waals surface area contributed by atoms with Gasteiger partial charge in [0.05, 0.1) is 0 Å². The van der Waals surface area contributed by atoms with E-state index >= 15 is 0 Å². The van der Waals surface area contributed by atoms with E-state index in [2.05, 4.69) is 10.6 Å². The summed E-state index contributed by atoms with van der Waals surface area (Å²) in [4.78, 5) is 11.7. The zero-order valence-corrected chi connectivity index (χ0v) is 13.5. The number of phenolic OH excluding ortho intramolecular Hbond substituents is 1. The summed E-state index contributed by atoms with van der Waals surface area (Å²) in [7, 11) is 0. The van der Waals surface area contributed by atoms with E-state index in [9.17, 15) is 9.90 Å². The second-order valence-corrected chi connectivity index (χ2v) is 6.23. The minimum atomic E-state index is -0.231. The Hall–Kier alpha value is -1.88. The van der Waals surface area contributed by atoms with Crippen molar-refractivity contribution < 1.29 is 9.90 Å². The van der Waals surface area contributed by atoms with Crippen molar-refractivity contribution in [2.45, 2.75) is 39.5 Å². The van der Waals surface area contributed by atoms with Crippen LogP contribution in [0.5, 0.6) is 5.75 Å². The van der Waals surface area contributed by atoms with E-state index in [0.717, 1.165) is 16.7 Å². The number of aromatic hydroxyl groups is 1. The molecule has 0 aliphatic carbocycles. The molecule has 4 nitrogen and oxygen atoms in total. The highest BCUT2D eigenvalue weighted by molar-refractivity contribution is 7.80. The number of amides is 1. The van der Waals surface area contributed by atoms with Gasteiger partial charge in [-0.2, -0.15) is 0 Å². The van der Waals surface area contributed by atoms with Crippen LogP contribution < -0.4 is 10.6 Å². The summed E-state index contributed by atoms with van der Waals surface area (Å²) in [5.74, 6) is 0.520. The van der Waals surface area contributed by atoms with Crippen molar-refractivity contribution in [3.05, 3.63) is 34.5 Å². The van der Waals surface area contributed by atoms with Gasteiger partial charge in [-0.3, -0.25) is 10.1 Å². The lowest BCUT2D eigenvalue weighted by atomic mass is 9.91. The molecule has 2 rings (SSSR count). The summed E-state index contributed by atoms with van der Waals surface area (Å²) >= 11 is 4.92. The molecule has 0 saturated carbocycles. The van der Waals surface area contributed by atoms with E-state index in [0.29, 0.717) is 16.6 Å². The molecule has 1 aliphatic rings. The van der Waals surface area contributed by atoms with Gasteiger partial charge in [-0.25, -0.2) is 0 Å². The maximum atomic E-state index is 11.7. The lowest BCUT2D eigenvalue weighted by Gasteiger charge is -2.16. The van der Waals surface area contributed by atoms with Crippen LogP contribution >= 0.6 is 12.2 Å². The Morgan fingerprint density at radius 3 is 2.00 bits per heavy atom. The molecule has 0 radical (unpaired) electrons. The molecule has 1 aromatic rings. The average Bonchev–Trinajstić information content (AvgIpc) is 2.69. The molecule has 112 valence electrons. The summed E-state index contributed by atoms with van der Waals surface area (Å²) in [5.41, 5.74) is 3.07. The van der Waals surface area contributed by atoms with Gasteiger partial charge in [0.15, 0.2) is 5.11 Å². The first kappa shape index (κ1) is 15.5. The monoisotopic (exact) mass is 304 g/mol. The van der Waals surface area contributed by atoms with Crippen LogP contribution in [0.15, 0.2) is 17.8 Å². The SMILES string of the molecule is CC(C)c1cc(/C=C2/NC(=S)NC2=O)cc(C(C)C)c1O. The van der Waals surface area contributed by atoms with Crippen LogP contribution in [0.3, 0.4) is 0 Å². The van der Waals surface area contributed by atoms with E-state index in [1.807, 2.05) is 39.8 Å². The number of thiocarbonyl (C=S) groups is 1. The Bertz CT molecular complexity index is 604. The third-order valence-electron chi connectivity index (χ3n) is 3.47. The number of phenols is 1. The lowest BCUT2D eigenvalue weighted by Crippen LogP contribution is -2.21. The molecule has 1 amide bonds. The molecular weight excluding hydrogens is 284 g/mol. The van der Waals surface area contributed by atoms with Crippen molar-refractivity contribution in [2.75, 3.05) is 0 Å². The number of hydrogen-bond donors (Lipinski definition) is 3. The van der Waals surface area contributed by atoms with E-state index in [4.69, 9.17) is 12.2 Å². The molecule has 1 saturated heterocycles. The topological polar surface area (TPSA) is 61.4 Å². The van der Waals surface area contributed by atoms with Gasteiger partial charge >= 0.3 is 0 Å². The zero-order valence-electron chi connectivity index (χ0n) is 12.7. The highest BCUT2D eigenvalue weighted by atomic mass is 32.1. The van der Waals surface area contributed by atoms with Crippen LogP contribution in [0.2, 0.25) is 0 Å². The molecule has 1 aliphatic heterocycles. The molecule has 0 spiro atoms. The number of nitrogens with one attached hydrogen (secondary N) is 2. The molecule has 5 heteroatoms. The first-order chi connectivity index (χ1) is 9.79. The molecular formula is C16H20N2O2S. The fraction of sp³-hybridized carbons (Fsp3) is 0.375. The van der Waals surface area contributed by atoms with Gasteiger partial charge in [-0.1, -0.05) is 27.7 Å². The fourth-order valence-corrected chi connectivity index (χ4v) is 2.52. The van der Waals surface area contributed by atoms with Gasteiger partial charge in [-0.15, -0.1) is 0 Å². The maximum absolute atomic E-state index is 11.7. The summed E-state index contributed by atoms with van der Waals surface area (Å²) in [6.07, 6.45) is 1.76. The first-order valence-electron chi connectivity index (χ1n) is 7.00. The minimum Gasteiger partial charge on any atom is -0.507 e. The van der Waals surface area contributed by atoms with Gasteiger partial charge in [-0.05, 0) is 59.0 Å². The molecule has 1 heterocycles. The Morgan fingerprint density at radius 2 is 1.62 bits per heavy atom. The van der Waals surface area contributed by atoms with Crippen LogP contribution in [0.4, 0.5) is 0 Å². The normalized spacial score (nSPS) is 16.8.